The number of nitrogens with two attached hydrogens (primary N) is 2. The summed E-state index contributed by atoms with van der Waals surface area (Å²) in [7, 11) is -1.00. The quantitative estimate of drug-likeness (QED) is 0.480. The van der Waals surface area contributed by atoms with Crippen LogP contribution in [0.25, 0.3) is 0 Å². The van der Waals surface area contributed by atoms with Gasteiger partial charge in [0.2, 0.25) is 0 Å². The molecule has 2 atom stereocenters. The van der Waals surface area contributed by atoms with Crippen LogP contribution < -0.4 is 11.5 Å². The molecule has 0 spiro atoms. The van der Waals surface area contributed by atoms with Crippen LogP contribution in [0.4, 0.5) is 0 Å². The molecular formula is C6H13I2N2Pt. The molecule has 2 unspecified atom stereocenters. The van der Waals surface area contributed by atoms with E-state index in [-0.39, 0.29) is 9.97 Å². The Labute approximate surface area is 94.4 Å². The molecule has 2 nitrogen and oxygen atoms in total. The van der Waals surface area contributed by atoms with Crippen molar-refractivity contribution in [2.75, 3.05) is 0 Å². The van der Waals surface area contributed by atoms with E-state index in [2.05, 4.69) is 38.7 Å². The third kappa shape index (κ3) is 2.51. The van der Waals surface area contributed by atoms with E-state index in [0.29, 0.717) is 0 Å². The standard InChI is InChI=1S/C6H13N2.2HI.Pt/c7-5-3-1-2-4-6(5)8;;;/h5H,1-4,7-8H2;2*1H;/q;;;+2/p-2. The summed E-state index contributed by atoms with van der Waals surface area (Å²) in [4.78, 5) is 0. The van der Waals surface area contributed by atoms with Crippen LogP contribution >= 0.6 is 38.7 Å². The Kier molecular flexibility index (Phi) is 4.59. The molecule has 1 saturated carbocycles. The summed E-state index contributed by atoms with van der Waals surface area (Å²) in [6.07, 6.45) is 4.85. The van der Waals surface area contributed by atoms with Gasteiger partial charge in [-0.2, -0.15) is 0 Å². The van der Waals surface area contributed by atoms with Gasteiger partial charge in [-0.3, -0.25) is 0 Å². The molecule has 1 rings (SSSR count). The third-order valence-corrected chi connectivity index (χ3v) is 15.5. The van der Waals surface area contributed by atoms with Crippen molar-refractivity contribution in [3.63, 3.8) is 0 Å². The molecule has 5 heteroatoms. The average Bonchev–Trinajstić information content (AvgIpc) is 1.95. The van der Waals surface area contributed by atoms with Gasteiger partial charge >= 0.3 is 95.8 Å². The molecule has 0 saturated heterocycles. The van der Waals surface area contributed by atoms with Crippen LogP contribution in [0, 0.1) is 0 Å². The Morgan fingerprint density at radius 3 is 2.36 bits per heavy atom. The molecule has 0 bridgehead atoms. The Balaban J connectivity index is 2.64. The molecule has 0 radical (unpaired) electrons. The Bertz CT molecular complexity index is 145. The summed E-state index contributed by atoms with van der Waals surface area (Å²) < 4.78 is 0.0457. The second-order valence-electron chi connectivity index (χ2n) is 2.89. The van der Waals surface area contributed by atoms with Gasteiger partial charge in [0, 0.05) is 0 Å². The maximum atomic E-state index is 6.28. The molecule has 4 N–H and O–H groups in total. The fraction of sp³-hybridized carbons (Fsp3) is 1.00. The first kappa shape index (κ1) is 11.1. The molecule has 0 aromatic heterocycles. The van der Waals surface area contributed by atoms with Crippen molar-refractivity contribution in [3.05, 3.63) is 0 Å². The van der Waals surface area contributed by atoms with Gasteiger partial charge in [-0.25, -0.2) is 0 Å². The summed E-state index contributed by atoms with van der Waals surface area (Å²) in [6, 6.07) is 0.274. The van der Waals surface area contributed by atoms with Gasteiger partial charge in [0.15, 0.2) is 0 Å². The molecule has 1 aliphatic rings. The zero-order valence-corrected chi connectivity index (χ0v) is 12.7. The van der Waals surface area contributed by atoms with Gasteiger partial charge in [0.1, 0.15) is 0 Å². The fourth-order valence-electron chi connectivity index (χ4n) is 1.31. The van der Waals surface area contributed by atoms with E-state index in [4.69, 9.17) is 11.5 Å². The first-order valence-electron chi connectivity index (χ1n) is 3.57. The molecule has 0 aromatic carbocycles. The van der Waals surface area contributed by atoms with Crippen molar-refractivity contribution in [1.29, 1.82) is 0 Å². The molecular weight excluding hydrogens is 549 g/mol. The first-order chi connectivity index (χ1) is 5.07. The predicted molar refractivity (Wildman–Crippen MR) is 61.4 cm³/mol. The molecule has 11 heavy (non-hydrogen) atoms. The van der Waals surface area contributed by atoms with E-state index in [1.165, 1.54) is 12.8 Å². The van der Waals surface area contributed by atoms with E-state index in [1.807, 2.05) is 0 Å². The van der Waals surface area contributed by atoms with E-state index < -0.39 is 9.95 Å². The van der Waals surface area contributed by atoms with Gasteiger partial charge in [-0.1, -0.05) is 0 Å². The van der Waals surface area contributed by atoms with Crippen molar-refractivity contribution in [2.45, 2.75) is 35.7 Å². The van der Waals surface area contributed by atoms with Crippen LogP contribution in [0.15, 0.2) is 0 Å². The van der Waals surface area contributed by atoms with Crippen LogP contribution in [0.1, 0.15) is 25.7 Å². The molecule has 0 heterocycles. The normalized spacial score (nSPS) is 40.4. The van der Waals surface area contributed by atoms with Crippen molar-refractivity contribution >= 4 is 38.7 Å². The summed E-state index contributed by atoms with van der Waals surface area (Å²) in [5.74, 6) is 0. The van der Waals surface area contributed by atoms with E-state index in [9.17, 15) is 0 Å². The topological polar surface area (TPSA) is 52.0 Å². The summed E-state index contributed by atoms with van der Waals surface area (Å²) in [5.41, 5.74) is 12.3. The minimum absolute atomic E-state index is 0.0457. The Morgan fingerprint density at radius 1 is 1.36 bits per heavy atom. The first-order valence-corrected chi connectivity index (χ1v) is 17.6. The van der Waals surface area contributed by atoms with E-state index in [1.54, 1.807) is 0 Å². The van der Waals surface area contributed by atoms with Crippen molar-refractivity contribution < 1.29 is 9.95 Å². The summed E-state index contributed by atoms with van der Waals surface area (Å²) >= 11 is 5.07. The van der Waals surface area contributed by atoms with Crippen molar-refractivity contribution in [1.82, 2.24) is 0 Å². The Hall–Kier alpha value is 2.07. The predicted octanol–water partition coefficient (Wildman–Crippen LogP) is 1.86. The molecule has 0 aromatic rings. The fourth-order valence-corrected chi connectivity index (χ4v) is 10.0. The molecule has 1 fully saturated rings. The number of hydrogen-bond acceptors (Lipinski definition) is 2. The van der Waals surface area contributed by atoms with Crippen LogP contribution in [0.2, 0.25) is 0 Å². The van der Waals surface area contributed by atoms with Gasteiger partial charge in [0.25, 0.3) is 0 Å². The van der Waals surface area contributed by atoms with E-state index in [0.717, 1.165) is 12.8 Å². The monoisotopic (exact) mass is 562 g/mol. The number of rotatable bonds is 1. The average molecular weight is 562 g/mol. The summed E-state index contributed by atoms with van der Waals surface area (Å²) in [5, 5.41) is 0. The van der Waals surface area contributed by atoms with Gasteiger partial charge in [-0.15, -0.1) is 0 Å². The van der Waals surface area contributed by atoms with Crippen LogP contribution in [0.3, 0.4) is 0 Å². The van der Waals surface area contributed by atoms with Gasteiger partial charge in [0.05, 0.1) is 0 Å². The zero-order chi connectivity index (χ0) is 8.48. The van der Waals surface area contributed by atoms with Gasteiger partial charge < -0.3 is 0 Å². The summed E-state index contributed by atoms with van der Waals surface area (Å²) in [6.45, 7) is 0. The third-order valence-electron chi connectivity index (χ3n) is 2.13. The van der Waals surface area contributed by atoms with Crippen LogP contribution in [-0.4, -0.2) is 9.97 Å². The number of hydrogen-bond donors (Lipinski definition) is 2. The molecule has 0 aliphatic heterocycles. The SMILES string of the molecule is NC1CCCC[C]1(N)[Pt]([I])[I]. The molecule has 71 valence electrons. The van der Waals surface area contributed by atoms with Crippen molar-refractivity contribution in [2.24, 2.45) is 11.5 Å². The van der Waals surface area contributed by atoms with Crippen LogP contribution in [0.5, 0.6) is 0 Å². The molecule has 1 aliphatic carbocycles. The minimum atomic E-state index is -1.00. The Morgan fingerprint density at radius 2 is 2.00 bits per heavy atom. The second-order valence-corrected chi connectivity index (χ2v) is 28.0. The maximum absolute atomic E-state index is 6.28. The van der Waals surface area contributed by atoms with E-state index >= 15 is 0 Å². The number of halogens is 2. The second kappa shape index (κ2) is 4.53. The van der Waals surface area contributed by atoms with Gasteiger partial charge in [-0.05, 0) is 0 Å². The zero-order valence-electron chi connectivity index (χ0n) is 6.13. The molecule has 0 amide bonds. The van der Waals surface area contributed by atoms with Crippen LogP contribution in [-0.2, 0) is 9.95 Å². The van der Waals surface area contributed by atoms with Crippen molar-refractivity contribution in [3.8, 4) is 0 Å².